The predicted octanol–water partition coefficient (Wildman–Crippen LogP) is 4.81. The molecule has 148 valence electrons. The van der Waals surface area contributed by atoms with Crippen LogP contribution < -0.4 is 15.6 Å². The quantitative estimate of drug-likeness (QED) is 0.413. The molecule has 2 aromatic carbocycles. The molecule has 0 aliphatic carbocycles. The van der Waals surface area contributed by atoms with Gasteiger partial charge in [-0.1, -0.05) is 46.3 Å². The summed E-state index contributed by atoms with van der Waals surface area (Å²) in [5.41, 5.74) is 4.84. The van der Waals surface area contributed by atoms with E-state index in [9.17, 15) is 0 Å². The molecule has 0 unspecified atom stereocenters. The number of hydrazone groups is 1. The van der Waals surface area contributed by atoms with Crippen LogP contribution in [0, 0.1) is 0 Å². The van der Waals surface area contributed by atoms with Gasteiger partial charge in [0.15, 0.2) is 0 Å². The van der Waals surface area contributed by atoms with Gasteiger partial charge in [0, 0.05) is 23.2 Å². The van der Waals surface area contributed by atoms with Gasteiger partial charge < -0.3 is 10.2 Å². The van der Waals surface area contributed by atoms with E-state index in [0.29, 0.717) is 17.8 Å². The van der Waals surface area contributed by atoms with Crippen LogP contribution in [0.5, 0.6) is 0 Å². The molecule has 3 aromatic rings. The first kappa shape index (κ1) is 19.3. The summed E-state index contributed by atoms with van der Waals surface area (Å²) in [7, 11) is 0. The average Bonchev–Trinajstić information content (AvgIpc) is 2.75. The van der Waals surface area contributed by atoms with Crippen LogP contribution >= 0.6 is 15.9 Å². The van der Waals surface area contributed by atoms with Crippen molar-refractivity contribution in [3.8, 4) is 0 Å². The molecule has 2 heterocycles. The molecule has 7 nitrogen and oxygen atoms in total. The van der Waals surface area contributed by atoms with E-state index in [2.05, 4.69) is 51.6 Å². The molecule has 0 atom stereocenters. The number of nitrogens with zero attached hydrogens (tertiary/aromatic N) is 5. The van der Waals surface area contributed by atoms with Crippen molar-refractivity contribution in [3.63, 3.8) is 0 Å². The number of para-hydroxylation sites is 1. The SMILES string of the molecule is Brc1cccc(/C=N/Nc2nc(Nc3ccccc3)nc(N3CCCCC3)n2)c1. The van der Waals surface area contributed by atoms with Gasteiger partial charge in [0.1, 0.15) is 0 Å². The average molecular weight is 452 g/mol. The highest BCUT2D eigenvalue weighted by Crippen LogP contribution is 2.20. The predicted molar refractivity (Wildman–Crippen MR) is 121 cm³/mol. The van der Waals surface area contributed by atoms with Gasteiger partial charge in [0.05, 0.1) is 6.21 Å². The number of piperidine rings is 1. The lowest BCUT2D eigenvalue weighted by Gasteiger charge is -2.26. The summed E-state index contributed by atoms with van der Waals surface area (Å²) in [6.45, 7) is 1.91. The zero-order chi connectivity index (χ0) is 19.9. The fourth-order valence-corrected chi connectivity index (χ4v) is 3.52. The van der Waals surface area contributed by atoms with Crippen molar-refractivity contribution in [3.05, 3.63) is 64.6 Å². The number of halogens is 1. The first-order valence-corrected chi connectivity index (χ1v) is 10.4. The van der Waals surface area contributed by atoms with Crippen molar-refractivity contribution in [2.45, 2.75) is 19.3 Å². The van der Waals surface area contributed by atoms with Gasteiger partial charge in [0.25, 0.3) is 0 Å². The van der Waals surface area contributed by atoms with Gasteiger partial charge in [-0.25, -0.2) is 5.43 Å². The summed E-state index contributed by atoms with van der Waals surface area (Å²) in [6, 6.07) is 17.8. The van der Waals surface area contributed by atoms with Crippen molar-refractivity contribution in [2.75, 3.05) is 28.7 Å². The van der Waals surface area contributed by atoms with Crippen LogP contribution in [-0.4, -0.2) is 34.3 Å². The summed E-state index contributed by atoms with van der Waals surface area (Å²) >= 11 is 3.46. The van der Waals surface area contributed by atoms with Crippen molar-refractivity contribution >= 4 is 45.7 Å². The molecule has 0 spiro atoms. The standard InChI is InChI=1S/C21H22BrN7/c22-17-9-7-8-16(14-17)15-23-28-20-25-19(24-18-10-3-1-4-11-18)26-21(27-20)29-12-5-2-6-13-29/h1,3-4,7-11,14-15H,2,5-6,12-13H2,(H2,24,25,26,27,28)/b23-15+. The summed E-state index contributed by atoms with van der Waals surface area (Å²) in [5.74, 6) is 1.57. The van der Waals surface area contributed by atoms with E-state index in [4.69, 9.17) is 0 Å². The molecule has 0 radical (unpaired) electrons. The number of hydrogen-bond acceptors (Lipinski definition) is 7. The van der Waals surface area contributed by atoms with Crippen molar-refractivity contribution in [1.29, 1.82) is 0 Å². The van der Waals surface area contributed by atoms with Gasteiger partial charge in [0.2, 0.25) is 17.8 Å². The molecule has 1 saturated heterocycles. The first-order valence-electron chi connectivity index (χ1n) is 9.64. The maximum absolute atomic E-state index is 4.62. The summed E-state index contributed by atoms with van der Waals surface area (Å²) in [4.78, 5) is 15.9. The fourth-order valence-electron chi connectivity index (χ4n) is 3.11. The number of aromatic nitrogens is 3. The molecule has 4 rings (SSSR count). The lowest BCUT2D eigenvalue weighted by Crippen LogP contribution is -2.31. The molecule has 1 aliphatic heterocycles. The molecular formula is C21H22BrN7. The maximum atomic E-state index is 4.62. The Bertz CT molecular complexity index is 972. The molecule has 8 heteroatoms. The Morgan fingerprint density at radius 3 is 2.48 bits per heavy atom. The third-order valence-corrected chi connectivity index (χ3v) is 5.01. The zero-order valence-corrected chi connectivity index (χ0v) is 17.5. The molecule has 1 fully saturated rings. The topological polar surface area (TPSA) is 78.3 Å². The normalized spacial score (nSPS) is 14.2. The van der Waals surface area contributed by atoms with Crippen LogP contribution in [0.3, 0.4) is 0 Å². The fraction of sp³-hybridized carbons (Fsp3) is 0.238. The number of benzene rings is 2. The van der Waals surface area contributed by atoms with Gasteiger partial charge >= 0.3 is 0 Å². The second-order valence-electron chi connectivity index (χ2n) is 6.75. The van der Waals surface area contributed by atoms with E-state index in [1.54, 1.807) is 6.21 Å². The molecule has 1 aliphatic rings. The van der Waals surface area contributed by atoms with Crippen molar-refractivity contribution in [1.82, 2.24) is 15.0 Å². The summed E-state index contributed by atoms with van der Waals surface area (Å²) < 4.78 is 1.00. The van der Waals surface area contributed by atoms with Crippen LogP contribution in [0.4, 0.5) is 23.5 Å². The highest BCUT2D eigenvalue weighted by Gasteiger charge is 2.16. The Morgan fingerprint density at radius 2 is 1.69 bits per heavy atom. The van der Waals surface area contributed by atoms with Crippen LogP contribution in [0.2, 0.25) is 0 Å². The van der Waals surface area contributed by atoms with E-state index in [1.165, 1.54) is 6.42 Å². The molecule has 0 saturated carbocycles. The van der Waals surface area contributed by atoms with E-state index in [1.807, 2.05) is 54.6 Å². The Balaban J connectivity index is 1.56. The largest absolute Gasteiger partial charge is 0.341 e. The van der Waals surface area contributed by atoms with Gasteiger partial charge in [-0.2, -0.15) is 20.1 Å². The maximum Gasteiger partial charge on any atom is 0.250 e. The van der Waals surface area contributed by atoms with Crippen molar-refractivity contribution < 1.29 is 0 Å². The van der Waals surface area contributed by atoms with E-state index < -0.39 is 0 Å². The molecule has 2 N–H and O–H groups in total. The lowest BCUT2D eigenvalue weighted by atomic mass is 10.1. The minimum Gasteiger partial charge on any atom is -0.341 e. The highest BCUT2D eigenvalue weighted by atomic mass is 79.9. The number of rotatable bonds is 6. The molecule has 0 amide bonds. The second-order valence-corrected chi connectivity index (χ2v) is 7.66. The van der Waals surface area contributed by atoms with E-state index in [0.717, 1.165) is 41.7 Å². The van der Waals surface area contributed by atoms with Crippen LogP contribution in [0.25, 0.3) is 0 Å². The Hall–Kier alpha value is -3.00. The number of hydrogen-bond donors (Lipinski definition) is 2. The van der Waals surface area contributed by atoms with E-state index >= 15 is 0 Å². The minimum absolute atomic E-state index is 0.408. The van der Waals surface area contributed by atoms with Gasteiger partial charge in [-0.15, -0.1) is 0 Å². The van der Waals surface area contributed by atoms with Gasteiger partial charge in [-0.05, 0) is 49.1 Å². The summed E-state index contributed by atoms with van der Waals surface area (Å²) in [6.07, 6.45) is 5.28. The monoisotopic (exact) mass is 451 g/mol. The minimum atomic E-state index is 0.408. The zero-order valence-electron chi connectivity index (χ0n) is 15.9. The third kappa shape index (κ3) is 5.51. The van der Waals surface area contributed by atoms with Gasteiger partial charge in [-0.3, -0.25) is 0 Å². The second kappa shape index (κ2) is 9.47. The molecular weight excluding hydrogens is 430 g/mol. The smallest absolute Gasteiger partial charge is 0.250 e. The molecule has 0 bridgehead atoms. The Labute approximate surface area is 178 Å². The number of nitrogens with one attached hydrogen (secondary N) is 2. The van der Waals surface area contributed by atoms with Crippen molar-refractivity contribution in [2.24, 2.45) is 5.10 Å². The third-order valence-electron chi connectivity index (χ3n) is 4.52. The van der Waals surface area contributed by atoms with Crippen LogP contribution in [-0.2, 0) is 0 Å². The molecule has 29 heavy (non-hydrogen) atoms. The number of anilines is 4. The first-order chi connectivity index (χ1) is 14.3. The molecule has 1 aromatic heterocycles. The highest BCUT2D eigenvalue weighted by molar-refractivity contribution is 9.10. The summed E-state index contributed by atoms with van der Waals surface area (Å²) in [5, 5.41) is 7.54. The van der Waals surface area contributed by atoms with E-state index in [-0.39, 0.29) is 0 Å². The Kier molecular flexibility index (Phi) is 6.31. The lowest BCUT2D eigenvalue weighted by molar-refractivity contribution is 0.568. The van der Waals surface area contributed by atoms with Crippen LogP contribution in [0.15, 0.2) is 64.2 Å². The Morgan fingerprint density at radius 1 is 0.897 bits per heavy atom. The van der Waals surface area contributed by atoms with Crippen LogP contribution in [0.1, 0.15) is 24.8 Å².